The largest absolute Gasteiger partial charge is 0.493 e. The smallest absolute Gasteiger partial charge is 0.272 e. The number of nitro benzene ring substituents is 1. The number of anilines is 3. The molecule has 0 saturated carbocycles. The molecule has 0 bridgehead atoms. The summed E-state index contributed by atoms with van der Waals surface area (Å²) in [5.74, 6) is 0.921. The molecule has 3 aromatic carbocycles. The maximum absolute atomic E-state index is 13.0. The minimum absolute atomic E-state index is 0.0195. The summed E-state index contributed by atoms with van der Waals surface area (Å²) in [5.41, 5.74) is 6.26. The summed E-state index contributed by atoms with van der Waals surface area (Å²) in [6.45, 7) is 1.62. The lowest BCUT2D eigenvalue weighted by Crippen LogP contribution is -2.13. The lowest BCUT2D eigenvalue weighted by Gasteiger charge is -2.22. The number of nitro groups is 1. The molecule has 0 spiro atoms. The minimum atomic E-state index is -0.457. The Morgan fingerprint density at radius 1 is 0.947 bits per heavy atom. The molecule has 9 nitrogen and oxygen atoms in total. The third kappa shape index (κ3) is 4.82. The normalized spacial score (nSPS) is 12.5. The first-order valence-corrected chi connectivity index (χ1v) is 12.4. The number of pyridine rings is 1. The van der Waals surface area contributed by atoms with Gasteiger partial charge in [-0.15, -0.1) is 0 Å². The van der Waals surface area contributed by atoms with E-state index >= 15 is 0 Å². The van der Waals surface area contributed by atoms with Gasteiger partial charge in [-0.25, -0.2) is 0 Å². The van der Waals surface area contributed by atoms with Crippen molar-refractivity contribution in [1.29, 1.82) is 0 Å². The van der Waals surface area contributed by atoms with Crippen molar-refractivity contribution in [1.82, 2.24) is 4.98 Å². The van der Waals surface area contributed by atoms with Crippen molar-refractivity contribution in [3.63, 3.8) is 0 Å². The van der Waals surface area contributed by atoms with Crippen LogP contribution >= 0.6 is 0 Å². The van der Waals surface area contributed by atoms with Crippen LogP contribution in [0.5, 0.6) is 11.5 Å². The molecule has 0 aliphatic heterocycles. The summed E-state index contributed by atoms with van der Waals surface area (Å²) in [4.78, 5) is 28.6. The average molecular weight is 513 g/mol. The molecule has 0 radical (unpaired) electrons. The highest BCUT2D eigenvalue weighted by Crippen LogP contribution is 2.38. The number of methoxy groups -OCH3 is 2. The van der Waals surface area contributed by atoms with Crippen LogP contribution in [-0.2, 0) is 12.8 Å². The van der Waals surface area contributed by atoms with Gasteiger partial charge in [0.1, 0.15) is 0 Å². The van der Waals surface area contributed by atoms with Crippen LogP contribution < -0.4 is 20.1 Å². The van der Waals surface area contributed by atoms with Crippen LogP contribution in [-0.4, -0.2) is 30.0 Å². The first-order chi connectivity index (χ1) is 18.4. The Kier molecular flexibility index (Phi) is 6.83. The molecule has 1 amide bonds. The van der Waals surface area contributed by atoms with Gasteiger partial charge in [-0.05, 0) is 80.6 Å². The molecular formula is C29H28N4O5. The van der Waals surface area contributed by atoms with Crippen molar-refractivity contribution in [2.24, 2.45) is 0 Å². The number of carbonyl (C=O) groups is 1. The van der Waals surface area contributed by atoms with Gasteiger partial charge in [-0.2, -0.15) is 0 Å². The summed E-state index contributed by atoms with van der Waals surface area (Å²) in [7, 11) is 3.21. The molecule has 1 aliphatic carbocycles. The molecule has 9 heteroatoms. The topological polar surface area (TPSA) is 116 Å². The van der Waals surface area contributed by atoms with Crippen molar-refractivity contribution in [3.8, 4) is 11.5 Å². The Morgan fingerprint density at radius 2 is 1.71 bits per heavy atom. The number of hydrogen-bond donors (Lipinski definition) is 2. The van der Waals surface area contributed by atoms with Crippen molar-refractivity contribution in [3.05, 3.63) is 87.1 Å². The second kappa shape index (κ2) is 10.4. The number of nitrogens with one attached hydrogen (secondary N) is 2. The second-order valence-electron chi connectivity index (χ2n) is 9.26. The summed E-state index contributed by atoms with van der Waals surface area (Å²) < 4.78 is 10.9. The number of amides is 1. The Balaban J connectivity index is 1.53. The molecule has 0 unspecified atom stereocenters. The monoisotopic (exact) mass is 512 g/mol. The fourth-order valence-corrected chi connectivity index (χ4v) is 4.91. The standard InChI is InChI=1S/C29H28N4O5/c1-17-14-18(8-12-25(17)33(35)36)29(34)31-19-9-11-24-22(15-19)28(21-6-4-5-7-23(21)32-24)30-20-10-13-26(37-2)27(16-20)38-3/h8-16H,4-7H2,1-3H3,(H,30,32)(H,31,34). The van der Waals surface area contributed by atoms with E-state index in [0.717, 1.165) is 53.7 Å². The number of benzene rings is 3. The van der Waals surface area contributed by atoms with Gasteiger partial charge in [0.25, 0.3) is 11.6 Å². The van der Waals surface area contributed by atoms with Crippen LogP contribution in [0.2, 0.25) is 0 Å². The summed E-state index contributed by atoms with van der Waals surface area (Å²) >= 11 is 0. The van der Waals surface area contributed by atoms with E-state index in [1.165, 1.54) is 23.8 Å². The van der Waals surface area contributed by atoms with Gasteiger partial charge in [0.15, 0.2) is 11.5 Å². The number of ether oxygens (including phenoxy) is 2. The first kappa shape index (κ1) is 25.0. The zero-order valence-electron chi connectivity index (χ0n) is 21.5. The maximum Gasteiger partial charge on any atom is 0.272 e. The van der Waals surface area contributed by atoms with Crippen molar-refractivity contribution >= 4 is 39.6 Å². The molecule has 38 heavy (non-hydrogen) atoms. The predicted molar refractivity (Wildman–Crippen MR) is 147 cm³/mol. The van der Waals surface area contributed by atoms with E-state index in [1.807, 2.05) is 36.4 Å². The number of carbonyl (C=O) groups excluding carboxylic acids is 1. The molecule has 4 aromatic rings. The molecule has 0 atom stereocenters. The van der Waals surface area contributed by atoms with Gasteiger partial charge in [0.2, 0.25) is 0 Å². The van der Waals surface area contributed by atoms with E-state index in [1.54, 1.807) is 21.1 Å². The lowest BCUT2D eigenvalue weighted by molar-refractivity contribution is -0.385. The molecular weight excluding hydrogens is 484 g/mol. The van der Waals surface area contributed by atoms with Crippen molar-refractivity contribution in [2.45, 2.75) is 32.6 Å². The Morgan fingerprint density at radius 3 is 2.45 bits per heavy atom. The van der Waals surface area contributed by atoms with E-state index in [0.29, 0.717) is 28.3 Å². The van der Waals surface area contributed by atoms with Crippen molar-refractivity contribution in [2.75, 3.05) is 24.9 Å². The van der Waals surface area contributed by atoms with Gasteiger partial charge in [0.05, 0.1) is 30.3 Å². The summed E-state index contributed by atoms with van der Waals surface area (Å²) in [6, 6.07) is 15.7. The molecule has 5 rings (SSSR count). The van der Waals surface area contributed by atoms with Gasteiger partial charge in [0, 0.05) is 45.7 Å². The number of hydrogen-bond acceptors (Lipinski definition) is 7. The Labute approximate surface area is 220 Å². The molecule has 0 fully saturated rings. The predicted octanol–water partition coefficient (Wildman–Crippen LogP) is 6.34. The highest BCUT2D eigenvalue weighted by molar-refractivity contribution is 6.06. The summed E-state index contributed by atoms with van der Waals surface area (Å²) in [6.07, 6.45) is 4.01. The minimum Gasteiger partial charge on any atom is -0.493 e. The molecule has 1 heterocycles. The van der Waals surface area contributed by atoms with Crippen LogP contribution in [0.1, 0.15) is 40.0 Å². The quantitative estimate of drug-likeness (QED) is 0.219. The SMILES string of the molecule is COc1ccc(Nc2c3c(nc4ccc(NC(=O)c5ccc([N+](=O)[O-])c(C)c5)cc24)CCCC3)cc1OC. The van der Waals surface area contributed by atoms with Gasteiger partial charge in [-0.3, -0.25) is 19.9 Å². The van der Waals surface area contributed by atoms with E-state index in [9.17, 15) is 14.9 Å². The van der Waals surface area contributed by atoms with E-state index < -0.39 is 4.92 Å². The van der Waals surface area contributed by atoms with Crippen LogP contribution in [0.25, 0.3) is 10.9 Å². The van der Waals surface area contributed by atoms with Crippen LogP contribution in [0.3, 0.4) is 0 Å². The Bertz CT molecular complexity index is 1570. The molecule has 0 saturated heterocycles. The Hall–Kier alpha value is -4.66. The molecule has 194 valence electrons. The maximum atomic E-state index is 13.0. The zero-order valence-corrected chi connectivity index (χ0v) is 21.5. The lowest BCUT2D eigenvalue weighted by atomic mass is 9.92. The fourth-order valence-electron chi connectivity index (χ4n) is 4.91. The number of nitrogens with zero attached hydrogens (tertiary/aromatic N) is 2. The van der Waals surface area contributed by atoms with E-state index in [4.69, 9.17) is 14.5 Å². The van der Waals surface area contributed by atoms with Crippen LogP contribution in [0.15, 0.2) is 54.6 Å². The van der Waals surface area contributed by atoms with Crippen LogP contribution in [0, 0.1) is 17.0 Å². The van der Waals surface area contributed by atoms with Crippen LogP contribution in [0.4, 0.5) is 22.7 Å². The van der Waals surface area contributed by atoms with E-state index in [2.05, 4.69) is 10.6 Å². The summed E-state index contributed by atoms with van der Waals surface area (Å²) in [5, 5.41) is 18.5. The average Bonchev–Trinajstić information content (AvgIpc) is 2.92. The number of aromatic nitrogens is 1. The van der Waals surface area contributed by atoms with Gasteiger partial charge in [-0.1, -0.05) is 0 Å². The third-order valence-corrected chi connectivity index (χ3v) is 6.83. The fraction of sp³-hybridized carbons (Fsp3) is 0.241. The molecule has 1 aliphatic rings. The molecule has 2 N–H and O–H groups in total. The number of fused-ring (bicyclic) bond motifs is 2. The first-order valence-electron chi connectivity index (χ1n) is 12.4. The second-order valence-corrected chi connectivity index (χ2v) is 9.26. The van der Waals surface area contributed by atoms with Gasteiger partial charge >= 0.3 is 0 Å². The zero-order chi connectivity index (χ0) is 26.8. The third-order valence-electron chi connectivity index (χ3n) is 6.83. The molecule has 1 aromatic heterocycles. The number of rotatable bonds is 7. The van der Waals surface area contributed by atoms with Gasteiger partial charge < -0.3 is 20.1 Å². The highest BCUT2D eigenvalue weighted by Gasteiger charge is 2.20. The number of aryl methyl sites for hydroxylation is 2. The van der Waals surface area contributed by atoms with E-state index in [-0.39, 0.29) is 11.6 Å². The highest BCUT2D eigenvalue weighted by atomic mass is 16.6. The van der Waals surface area contributed by atoms with Crippen molar-refractivity contribution < 1.29 is 19.2 Å².